The second kappa shape index (κ2) is 9.76. The van der Waals surface area contributed by atoms with Crippen LogP contribution < -0.4 is 5.32 Å². The monoisotopic (exact) mass is 471 g/mol. The van der Waals surface area contributed by atoms with E-state index in [-0.39, 0.29) is 24.5 Å². The maximum atomic E-state index is 14.0. The third-order valence-corrected chi connectivity index (χ3v) is 6.59. The second-order valence-electron chi connectivity index (χ2n) is 8.85. The second-order valence-corrected chi connectivity index (χ2v) is 8.85. The Kier molecular flexibility index (Phi) is 6.37. The summed E-state index contributed by atoms with van der Waals surface area (Å²) in [6, 6.07) is 17.8. The fourth-order valence-corrected chi connectivity index (χ4v) is 4.85. The number of nitrogens with zero attached hydrogens (tertiary/aromatic N) is 4. The van der Waals surface area contributed by atoms with E-state index in [9.17, 15) is 9.59 Å². The Balaban J connectivity index is 1.52. The summed E-state index contributed by atoms with van der Waals surface area (Å²) < 4.78 is 9.17. The lowest BCUT2D eigenvalue weighted by atomic mass is 10.1. The molecule has 1 N–H and O–H groups in total. The lowest BCUT2D eigenvalue weighted by molar-refractivity contribution is -0.119. The Morgan fingerprint density at radius 2 is 1.94 bits per heavy atom. The quantitative estimate of drug-likeness (QED) is 0.444. The maximum absolute atomic E-state index is 14.0. The minimum absolute atomic E-state index is 0.0614. The Labute approximate surface area is 204 Å². The molecular formula is C27H29N5O3. The minimum atomic E-state index is -0.280. The number of carbonyl (C=O) groups is 2. The van der Waals surface area contributed by atoms with Crippen molar-refractivity contribution in [2.45, 2.75) is 32.5 Å². The van der Waals surface area contributed by atoms with Crippen LogP contribution in [0.3, 0.4) is 0 Å². The van der Waals surface area contributed by atoms with Crippen molar-refractivity contribution in [3.63, 3.8) is 0 Å². The van der Waals surface area contributed by atoms with Gasteiger partial charge in [-0.2, -0.15) is 0 Å². The number of rotatable bonds is 7. The van der Waals surface area contributed by atoms with Crippen LogP contribution in [0.2, 0.25) is 0 Å². The molecule has 0 radical (unpaired) electrons. The smallest absolute Gasteiger partial charge is 0.256 e. The van der Waals surface area contributed by atoms with E-state index in [0.29, 0.717) is 29.9 Å². The van der Waals surface area contributed by atoms with Crippen LogP contribution in [0.4, 0.5) is 5.69 Å². The first kappa shape index (κ1) is 22.9. The van der Waals surface area contributed by atoms with Crippen LogP contribution in [-0.2, 0) is 29.0 Å². The van der Waals surface area contributed by atoms with Crippen molar-refractivity contribution in [1.29, 1.82) is 0 Å². The van der Waals surface area contributed by atoms with Gasteiger partial charge in [-0.15, -0.1) is 0 Å². The Bertz CT molecular complexity index is 1360. The summed E-state index contributed by atoms with van der Waals surface area (Å²) in [7, 11) is 1.47. The summed E-state index contributed by atoms with van der Waals surface area (Å²) in [4.78, 5) is 32.7. The summed E-state index contributed by atoms with van der Waals surface area (Å²) in [6.07, 6.45) is 4.65. The number of carbonyl (C=O) groups excluding carboxylic acids is 2. The summed E-state index contributed by atoms with van der Waals surface area (Å²) in [5, 5.41) is 2.83. The van der Waals surface area contributed by atoms with Gasteiger partial charge in [0.15, 0.2) is 0 Å². The van der Waals surface area contributed by atoms with Crippen molar-refractivity contribution in [3.8, 4) is 0 Å². The predicted octanol–water partition coefficient (Wildman–Crippen LogP) is 3.88. The molecular weight excluding hydrogens is 442 g/mol. The molecule has 8 heteroatoms. The van der Waals surface area contributed by atoms with Crippen LogP contribution in [0.25, 0.3) is 11.0 Å². The van der Waals surface area contributed by atoms with Crippen LogP contribution in [0.5, 0.6) is 0 Å². The molecule has 0 spiro atoms. The van der Waals surface area contributed by atoms with E-state index in [1.54, 1.807) is 12.4 Å². The van der Waals surface area contributed by atoms with Crippen LogP contribution >= 0.6 is 0 Å². The first-order valence-electron chi connectivity index (χ1n) is 11.8. The molecule has 180 valence electrons. The number of hydrogen-bond acceptors (Lipinski definition) is 4. The van der Waals surface area contributed by atoms with Crippen molar-refractivity contribution >= 4 is 28.5 Å². The SMILES string of the molecule is COCC(=O)Nc1cc(C(=O)N2CCn3cccc3[C@@H]2C)c2c(c1)ncn2CCc1ccccc1. The van der Waals surface area contributed by atoms with Gasteiger partial charge >= 0.3 is 0 Å². The number of nitrogens with one attached hydrogen (secondary N) is 1. The fourth-order valence-electron chi connectivity index (χ4n) is 4.85. The van der Waals surface area contributed by atoms with Gasteiger partial charge in [0.2, 0.25) is 5.91 Å². The molecule has 2 aromatic heterocycles. The lowest BCUT2D eigenvalue weighted by Gasteiger charge is -2.35. The van der Waals surface area contributed by atoms with Crippen molar-refractivity contribution in [1.82, 2.24) is 19.0 Å². The molecule has 1 atom stereocenters. The molecule has 8 nitrogen and oxygen atoms in total. The average Bonchev–Trinajstić information content (AvgIpc) is 3.50. The number of hydrogen-bond donors (Lipinski definition) is 1. The van der Waals surface area contributed by atoms with E-state index < -0.39 is 0 Å². The molecule has 0 bridgehead atoms. The van der Waals surface area contributed by atoms with Gasteiger partial charge in [-0.25, -0.2) is 4.98 Å². The Morgan fingerprint density at radius 1 is 1.11 bits per heavy atom. The number of aromatic nitrogens is 3. The van der Waals surface area contributed by atoms with Gasteiger partial charge < -0.3 is 24.1 Å². The maximum Gasteiger partial charge on any atom is 0.256 e. The van der Waals surface area contributed by atoms with Gasteiger partial charge in [0.05, 0.1) is 29.0 Å². The number of amides is 2. The highest BCUT2D eigenvalue weighted by atomic mass is 16.5. The van der Waals surface area contributed by atoms with E-state index in [1.807, 2.05) is 39.8 Å². The zero-order valence-corrected chi connectivity index (χ0v) is 20.0. The van der Waals surface area contributed by atoms with E-state index in [1.165, 1.54) is 12.7 Å². The highest BCUT2D eigenvalue weighted by Gasteiger charge is 2.30. The number of benzene rings is 2. The number of methoxy groups -OCH3 is 1. The first-order valence-corrected chi connectivity index (χ1v) is 11.8. The van der Waals surface area contributed by atoms with Crippen LogP contribution in [0.1, 0.15) is 34.6 Å². The molecule has 0 aliphatic carbocycles. The van der Waals surface area contributed by atoms with E-state index in [2.05, 4.69) is 46.2 Å². The van der Waals surface area contributed by atoms with E-state index >= 15 is 0 Å². The third kappa shape index (κ3) is 4.57. The summed E-state index contributed by atoms with van der Waals surface area (Å²) in [6.45, 7) is 4.04. The highest BCUT2D eigenvalue weighted by molar-refractivity contribution is 6.07. The van der Waals surface area contributed by atoms with Gasteiger partial charge in [-0.3, -0.25) is 9.59 Å². The van der Waals surface area contributed by atoms with Gasteiger partial charge in [-0.05, 0) is 43.2 Å². The van der Waals surface area contributed by atoms with Crippen molar-refractivity contribution < 1.29 is 14.3 Å². The molecule has 1 aliphatic heterocycles. The molecule has 0 saturated carbocycles. The van der Waals surface area contributed by atoms with Gasteiger partial charge in [0, 0.05) is 44.3 Å². The standard InChI is InChI=1S/C27H29N5O3/c1-19-24-9-6-11-30(24)13-14-32(19)27(34)22-15-21(29-25(33)17-35-2)16-23-26(22)31(18-28-23)12-10-20-7-4-3-5-8-20/h3-9,11,15-16,18-19H,10,12-14,17H2,1-2H3,(H,29,33)/t19-/m0/s1. The molecule has 35 heavy (non-hydrogen) atoms. The van der Waals surface area contributed by atoms with E-state index in [4.69, 9.17) is 4.74 Å². The summed E-state index contributed by atoms with van der Waals surface area (Å²) >= 11 is 0. The molecule has 1 aliphatic rings. The Hall–Kier alpha value is -3.91. The number of aryl methyl sites for hydroxylation is 2. The number of imidazole rings is 1. The molecule has 5 rings (SSSR count). The van der Waals surface area contributed by atoms with Gasteiger partial charge in [-0.1, -0.05) is 30.3 Å². The predicted molar refractivity (Wildman–Crippen MR) is 134 cm³/mol. The minimum Gasteiger partial charge on any atom is -0.375 e. The fraction of sp³-hybridized carbons (Fsp3) is 0.296. The third-order valence-electron chi connectivity index (χ3n) is 6.59. The lowest BCUT2D eigenvalue weighted by Crippen LogP contribution is -2.40. The zero-order chi connectivity index (χ0) is 24.4. The van der Waals surface area contributed by atoms with Crippen LogP contribution in [-0.4, -0.2) is 51.1 Å². The molecule has 3 heterocycles. The number of fused-ring (bicyclic) bond motifs is 2. The Morgan fingerprint density at radius 3 is 2.74 bits per heavy atom. The van der Waals surface area contributed by atoms with Gasteiger partial charge in [0.1, 0.15) is 6.61 Å². The highest BCUT2D eigenvalue weighted by Crippen LogP contribution is 2.31. The van der Waals surface area contributed by atoms with Crippen molar-refractivity contribution in [2.75, 3.05) is 25.6 Å². The molecule has 2 aromatic carbocycles. The van der Waals surface area contributed by atoms with Gasteiger partial charge in [0.25, 0.3) is 5.91 Å². The van der Waals surface area contributed by atoms with Crippen LogP contribution in [0, 0.1) is 0 Å². The molecule has 0 fully saturated rings. The molecule has 0 saturated heterocycles. The topological polar surface area (TPSA) is 81.4 Å². The largest absolute Gasteiger partial charge is 0.375 e. The zero-order valence-electron chi connectivity index (χ0n) is 20.0. The van der Waals surface area contributed by atoms with E-state index in [0.717, 1.165) is 24.2 Å². The van der Waals surface area contributed by atoms with Crippen molar-refractivity contribution in [2.24, 2.45) is 0 Å². The molecule has 4 aromatic rings. The normalized spacial score (nSPS) is 15.3. The summed E-state index contributed by atoms with van der Waals surface area (Å²) in [5.41, 5.74) is 4.85. The summed E-state index contributed by atoms with van der Waals surface area (Å²) in [5.74, 6) is -0.350. The first-order chi connectivity index (χ1) is 17.0. The molecule has 0 unspecified atom stereocenters. The number of anilines is 1. The van der Waals surface area contributed by atoms with Crippen LogP contribution in [0.15, 0.2) is 67.1 Å². The average molecular weight is 472 g/mol. The van der Waals surface area contributed by atoms with Crippen molar-refractivity contribution in [3.05, 3.63) is 83.9 Å². The number of ether oxygens (including phenoxy) is 1. The molecule has 2 amide bonds.